The highest BCUT2D eigenvalue weighted by Gasteiger charge is 2.22. The topological polar surface area (TPSA) is 89.8 Å². The van der Waals surface area contributed by atoms with Gasteiger partial charge in [0.1, 0.15) is 6.10 Å². The Morgan fingerprint density at radius 3 is 1.24 bits per heavy atom. The van der Waals surface area contributed by atoms with Crippen molar-refractivity contribution in [1.29, 1.82) is 0 Å². The molecule has 0 bridgehead atoms. The van der Waals surface area contributed by atoms with Crippen LogP contribution in [0.25, 0.3) is 0 Å². The molecule has 0 aliphatic carbocycles. The van der Waals surface area contributed by atoms with Gasteiger partial charge in [-0.2, -0.15) is 0 Å². The van der Waals surface area contributed by atoms with Crippen LogP contribution in [0.5, 0.6) is 0 Å². The summed E-state index contributed by atoms with van der Waals surface area (Å²) in [5.41, 5.74) is 0. The molecular formula is C44H85NO4. The van der Waals surface area contributed by atoms with Crippen molar-refractivity contribution < 1.29 is 20.1 Å². The molecule has 49 heavy (non-hydrogen) atoms. The molecule has 0 aromatic carbocycles. The smallest absolute Gasteiger partial charge is 0.249 e. The van der Waals surface area contributed by atoms with Gasteiger partial charge in [0.15, 0.2) is 0 Å². The van der Waals surface area contributed by atoms with Crippen LogP contribution in [0.3, 0.4) is 0 Å². The molecule has 3 unspecified atom stereocenters. The fourth-order valence-electron chi connectivity index (χ4n) is 6.61. The lowest BCUT2D eigenvalue weighted by Gasteiger charge is -2.21. The van der Waals surface area contributed by atoms with Gasteiger partial charge in [-0.15, -0.1) is 0 Å². The average molecular weight is 692 g/mol. The number of rotatable bonds is 39. The lowest BCUT2D eigenvalue weighted by Crippen LogP contribution is -2.48. The van der Waals surface area contributed by atoms with Crippen molar-refractivity contribution >= 4 is 5.91 Å². The Morgan fingerprint density at radius 2 is 0.837 bits per heavy atom. The first-order valence-corrected chi connectivity index (χ1v) is 21.7. The molecule has 0 aliphatic rings. The molecule has 0 spiro atoms. The third-order valence-electron chi connectivity index (χ3n) is 10.0. The predicted molar refractivity (Wildman–Crippen MR) is 213 cm³/mol. The first-order valence-electron chi connectivity index (χ1n) is 21.7. The van der Waals surface area contributed by atoms with Gasteiger partial charge >= 0.3 is 0 Å². The molecule has 3 atom stereocenters. The number of hydrogen-bond donors (Lipinski definition) is 4. The van der Waals surface area contributed by atoms with Gasteiger partial charge in [0, 0.05) is 0 Å². The molecule has 1 amide bonds. The monoisotopic (exact) mass is 692 g/mol. The van der Waals surface area contributed by atoms with E-state index in [1.807, 2.05) is 6.08 Å². The molecule has 0 saturated heterocycles. The fourth-order valence-corrected chi connectivity index (χ4v) is 6.61. The van der Waals surface area contributed by atoms with Gasteiger partial charge in [0.05, 0.1) is 18.8 Å². The lowest BCUT2D eigenvalue weighted by molar-refractivity contribution is -0.131. The molecule has 0 heterocycles. The number of hydrogen-bond acceptors (Lipinski definition) is 4. The average Bonchev–Trinajstić information content (AvgIpc) is 3.11. The number of amides is 1. The van der Waals surface area contributed by atoms with Crippen molar-refractivity contribution in [2.24, 2.45) is 0 Å². The molecule has 0 rings (SSSR count). The molecule has 0 fully saturated rings. The Morgan fingerprint density at radius 1 is 0.490 bits per heavy atom. The van der Waals surface area contributed by atoms with E-state index in [2.05, 4.69) is 31.3 Å². The van der Waals surface area contributed by atoms with Crippen molar-refractivity contribution in [3.63, 3.8) is 0 Å². The number of carbonyl (C=O) groups excluding carboxylic acids is 1. The molecule has 5 nitrogen and oxygen atoms in total. The van der Waals surface area contributed by atoms with Gasteiger partial charge in [-0.05, 0) is 32.1 Å². The highest BCUT2D eigenvalue weighted by molar-refractivity contribution is 5.80. The van der Waals surface area contributed by atoms with Crippen LogP contribution in [0.4, 0.5) is 0 Å². The molecule has 4 N–H and O–H groups in total. The predicted octanol–water partition coefficient (Wildman–Crippen LogP) is 12.2. The maximum absolute atomic E-state index is 12.4. The summed E-state index contributed by atoms with van der Waals surface area (Å²) in [6.07, 6.45) is 47.8. The van der Waals surface area contributed by atoms with E-state index in [0.717, 1.165) is 38.5 Å². The van der Waals surface area contributed by atoms with Gasteiger partial charge in [0.2, 0.25) is 5.91 Å². The largest absolute Gasteiger partial charge is 0.394 e. The minimum atomic E-state index is -1.10. The number of aliphatic hydroxyl groups is 3. The van der Waals surface area contributed by atoms with E-state index >= 15 is 0 Å². The second kappa shape index (κ2) is 39.6. The Hall–Kier alpha value is -1.17. The van der Waals surface area contributed by atoms with Crippen LogP contribution in [0.2, 0.25) is 0 Å². The highest BCUT2D eigenvalue weighted by atomic mass is 16.3. The van der Waals surface area contributed by atoms with Crippen LogP contribution in [0.15, 0.2) is 24.3 Å². The van der Waals surface area contributed by atoms with Crippen LogP contribution < -0.4 is 5.32 Å². The SMILES string of the molecule is CCCCCCCCCC=CCCC=CC(O)C(CO)NC(=O)C(O)CCCCCCCCCCCCCCCCCCCCCCCC. The second-order valence-electron chi connectivity index (χ2n) is 14.9. The van der Waals surface area contributed by atoms with E-state index in [1.165, 1.54) is 167 Å². The van der Waals surface area contributed by atoms with Crippen LogP contribution in [-0.2, 0) is 4.79 Å². The Bertz CT molecular complexity index is 724. The maximum Gasteiger partial charge on any atom is 0.249 e. The van der Waals surface area contributed by atoms with Gasteiger partial charge in [-0.25, -0.2) is 0 Å². The number of aliphatic hydroxyl groups excluding tert-OH is 3. The third-order valence-corrected chi connectivity index (χ3v) is 10.0. The number of nitrogens with one attached hydrogen (secondary N) is 1. The molecular weight excluding hydrogens is 606 g/mol. The zero-order valence-corrected chi connectivity index (χ0v) is 32.8. The van der Waals surface area contributed by atoms with Crippen molar-refractivity contribution in [3.8, 4) is 0 Å². The molecule has 0 aromatic heterocycles. The van der Waals surface area contributed by atoms with E-state index in [9.17, 15) is 20.1 Å². The van der Waals surface area contributed by atoms with Crippen LogP contribution in [-0.4, -0.2) is 46.1 Å². The van der Waals surface area contributed by atoms with Gasteiger partial charge in [-0.3, -0.25) is 4.79 Å². The maximum atomic E-state index is 12.4. The zero-order chi connectivity index (χ0) is 35.9. The quantitative estimate of drug-likeness (QED) is 0.0381. The van der Waals surface area contributed by atoms with Crippen molar-refractivity contribution in [3.05, 3.63) is 24.3 Å². The zero-order valence-electron chi connectivity index (χ0n) is 32.8. The van der Waals surface area contributed by atoms with E-state index in [-0.39, 0.29) is 6.61 Å². The van der Waals surface area contributed by atoms with Crippen LogP contribution >= 0.6 is 0 Å². The van der Waals surface area contributed by atoms with Gasteiger partial charge < -0.3 is 20.6 Å². The Kier molecular flexibility index (Phi) is 38.7. The third kappa shape index (κ3) is 35.0. The number of allylic oxidation sites excluding steroid dienone is 3. The summed E-state index contributed by atoms with van der Waals surface area (Å²) in [6.45, 7) is 4.16. The summed E-state index contributed by atoms with van der Waals surface area (Å²) in [7, 11) is 0. The summed E-state index contributed by atoms with van der Waals surface area (Å²) in [5.74, 6) is -0.511. The number of unbranched alkanes of at least 4 members (excludes halogenated alkanes) is 29. The van der Waals surface area contributed by atoms with Crippen LogP contribution in [0, 0.1) is 0 Å². The van der Waals surface area contributed by atoms with E-state index in [4.69, 9.17) is 0 Å². The molecule has 0 radical (unpaired) electrons. The Balaban J connectivity index is 3.64. The van der Waals surface area contributed by atoms with Crippen LogP contribution in [0.1, 0.15) is 226 Å². The first kappa shape index (κ1) is 47.8. The summed E-state index contributed by atoms with van der Waals surface area (Å²) in [4.78, 5) is 12.4. The minimum Gasteiger partial charge on any atom is -0.394 e. The van der Waals surface area contributed by atoms with E-state index in [1.54, 1.807) is 6.08 Å². The second-order valence-corrected chi connectivity index (χ2v) is 14.9. The first-order chi connectivity index (χ1) is 24.1. The fraction of sp³-hybridized carbons (Fsp3) is 0.886. The van der Waals surface area contributed by atoms with Crippen molar-refractivity contribution in [2.75, 3.05) is 6.61 Å². The minimum absolute atomic E-state index is 0.373. The molecule has 0 aliphatic heterocycles. The standard InChI is InChI=1S/C44H85NO4/c1-3-5-7-9-11-13-15-17-18-19-20-21-22-23-24-25-27-29-31-33-35-37-39-43(48)44(49)45-41(40-46)42(47)38-36-34-32-30-28-26-16-14-12-10-8-6-4-2/h28,30,36,38,41-43,46-48H,3-27,29,31-35,37,39-40H2,1-2H3,(H,45,49). The summed E-state index contributed by atoms with van der Waals surface area (Å²) in [6, 6.07) is -0.809. The van der Waals surface area contributed by atoms with E-state index < -0.39 is 24.2 Å². The van der Waals surface area contributed by atoms with Gasteiger partial charge in [-0.1, -0.05) is 218 Å². The highest BCUT2D eigenvalue weighted by Crippen LogP contribution is 2.16. The molecule has 0 saturated carbocycles. The molecule has 5 heteroatoms. The summed E-state index contributed by atoms with van der Waals surface area (Å²) >= 11 is 0. The Labute approximate surface area is 305 Å². The molecule has 290 valence electrons. The molecule has 0 aromatic rings. The number of carbonyl (C=O) groups is 1. The normalized spacial score (nSPS) is 13.8. The van der Waals surface area contributed by atoms with E-state index in [0.29, 0.717) is 6.42 Å². The summed E-state index contributed by atoms with van der Waals surface area (Å²) in [5, 5.41) is 33.0. The van der Waals surface area contributed by atoms with Gasteiger partial charge in [0.25, 0.3) is 0 Å². The van der Waals surface area contributed by atoms with Crippen molar-refractivity contribution in [2.45, 2.75) is 244 Å². The summed E-state index contributed by atoms with van der Waals surface area (Å²) < 4.78 is 0. The lowest BCUT2D eigenvalue weighted by atomic mass is 10.0. The van der Waals surface area contributed by atoms with Crippen molar-refractivity contribution in [1.82, 2.24) is 5.32 Å².